The Morgan fingerprint density at radius 3 is 2.54 bits per heavy atom. The van der Waals surface area contributed by atoms with Crippen molar-refractivity contribution >= 4 is 32.0 Å². The number of halogens is 1. The van der Waals surface area contributed by atoms with E-state index in [9.17, 15) is 17.6 Å². The van der Waals surface area contributed by atoms with Gasteiger partial charge in [-0.25, -0.2) is 12.8 Å². The molecule has 7 heteroatoms. The smallest absolute Gasteiger partial charge is 0.178 e. The van der Waals surface area contributed by atoms with Crippen molar-refractivity contribution in [2.24, 2.45) is 5.92 Å². The summed E-state index contributed by atoms with van der Waals surface area (Å²) >= 11 is 1.51. The van der Waals surface area contributed by atoms with Gasteiger partial charge >= 0.3 is 0 Å². The lowest BCUT2D eigenvalue weighted by Gasteiger charge is -2.40. The van der Waals surface area contributed by atoms with Crippen LogP contribution in [0.4, 0.5) is 9.39 Å². The summed E-state index contributed by atoms with van der Waals surface area (Å²) in [5, 5.41) is 2.82. The molecule has 128 valence electrons. The molecule has 0 aliphatic carbocycles. The second-order valence-corrected chi connectivity index (χ2v) is 8.85. The average Bonchev–Trinajstić information content (AvgIpc) is 2.99. The number of nitrogens with zero attached hydrogens (tertiary/aromatic N) is 1. The highest BCUT2D eigenvalue weighted by Gasteiger charge is 2.34. The number of hydrogen-bond donors (Lipinski definition) is 0. The van der Waals surface area contributed by atoms with E-state index in [4.69, 9.17) is 0 Å². The molecule has 1 fully saturated rings. The van der Waals surface area contributed by atoms with E-state index >= 15 is 0 Å². The molecule has 0 N–H and O–H groups in total. The predicted molar refractivity (Wildman–Crippen MR) is 93.1 cm³/mol. The summed E-state index contributed by atoms with van der Waals surface area (Å²) in [6.45, 7) is 3.06. The van der Waals surface area contributed by atoms with Crippen molar-refractivity contribution in [1.29, 1.82) is 0 Å². The third-order valence-corrected chi connectivity index (χ3v) is 7.01. The number of Topliss-reactive ketones (excluding diaryl/α,β-unsaturated/α-hetero) is 1. The van der Waals surface area contributed by atoms with Crippen LogP contribution < -0.4 is 4.90 Å². The highest BCUT2D eigenvalue weighted by atomic mass is 32.2. The summed E-state index contributed by atoms with van der Waals surface area (Å²) < 4.78 is 37.7. The first-order valence-corrected chi connectivity index (χ1v) is 10.3. The maximum atomic E-state index is 12.9. The van der Waals surface area contributed by atoms with E-state index in [0.717, 1.165) is 22.7 Å². The second-order valence-electron chi connectivity index (χ2n) is 5.92. The minimum Gasteiger partial charge on any atom is -0.362 e. The largest absolute Gasteiger partial charge is 0.362 e. The molecule has 0 amide bonds. The van der Waals surface area contributed by atoms with Gasteiger partial charge in [0.1, 0.15) is 10.8 Å². The Kier molecular flexibility index (Phi) is 4.73. The lowest BCUT2D eigenvalue weighted by atomic mass is 10.0. The molecule has 0 saturated carbocycles. The molecule has 2 heterocycles. The standard InChI is InChI=1S/C17H18FNO3S2/c1-2-16(20)15-7-8-23-17(15)19-9-12(10-19)11-24(21,22)14-5-3-13(18)4-6-14/h3-8,12H,2,9-11H2,1H3. The van der Waals surface area contributed by atoms with Gasteiger partial charge in [0.2, 0.25) is 0 Å². The Bertz CT molecular complexity index is 837. The van der Waals surface area contributed by atoms with E-state index in [1.54, 1.807) is 0 Å². The van der Waals surface area contributed by atoms with Gasteiger partial charge in [0.05, 0.1) is 16.2 Å². The number of ketones is 1. The number of rotatable bonds is 6. The zero-order valence-electron chi connectivity index (χ0n) is 13.2. The monoisotopic (exact) mass is 367 g/mol. The summed E-state index contributed by atoms with van der Waals surface area (Å²) in [6, 6.07) is 6.76. The molecule has 1 saturated heterocycles. The van der Waals surface area contributed by atoms with Crippen molar-refractivity contribution in [3.8, 4) is 0 Å². The fraction of sp³-hybridized carbons (Fsp3) is 0.353. The molecule has 4 nitrogen and oxygen atoms in total. The van der Waals surface area contributed by atoms with E-state index < -0.39 is 15.7 Å². The summed E-state index contributed by atoms with van der Waals surface area (Å²) in [5.74, 6) is -0.285. The fourth-order valence-electron chi connectivity index (χ4n) is 2.84. The van der Waals surface area contributed by atoms with Crippen LogP contribution in [0.5, 0.6) is 0 Å². The maximum Gasteiger partial charge on any atom is 0.178 e. The van der Waals surface area contributed by atoms with E-state index in [0.29, 0.717) is 19.5 Å². The summed E-state index contributed by atoms with van der Waals surface area (Å²) in [6.07, 6.45) is 0.458. The van der Waals surface area contributed by atoms with Gasteiger partial charge in [-0.3, -0.25) is 4.79 Å². The normalized spacial score (nSPS) is 15.3. The van der Waals surface area contributed by atoms with Gasteiger partial charge in [-0.2, -0.15) is 0 Å². The average molecular weight is 367 g/mol. The van der Waals surface area contributed by atoms with Crippen molar-refractivity contribution < 1.29 is 17.6 Å². The number of thiophene rings is 1. The van der Waals surface area contributed by atoms with Crippen molar-refractivity contribution in [3.63, 3.8) is 0 Å². The molecule has 1 aliphatic rings. The Morgan fingerprint density at radius 2 is 1.92 bits per heavy atom. The number of benzene rings is 1. The molecule has 24 heavy (non-hydrogen) atoms. The van der Waals surface area contributed by atoms with Gasteiger partial charge < -0.3 is 4.90 Å². The van der Waals surface area contributed by atoms with Gasteiger partial charge in [-0.15, -0.1) is 11.3 Å². The minimum atomic E-state index is -3.42. The first-order valence-electron chi connectivity index (χ1n) is 7.74. The van der Waals surface area contributed by atoms with Crippen molar-refractivity contribution in [2.75, 3.05) is 23.7 Å². The van der Waals surface area contributed by atoms with Crippen molar-refractivity contribution in [3.05, 3.63) is 47.1 Å². The van der Waals surface area contributed by atoms with Crippen LogP contribution in [-0.2, 0) is 9.84 Å². The number of anilines is 1. The summed E-state index contributed by atoms with van der Waals surface area (Å²) in [7, 11) is -3.42. The van der Waals surface area contributed by atoms with Gasteiger partial charge in [-0.05, 0) is 35.7 Å². The van der Waals surface area contributed by atoms with Crippen LogP contribution in [0, 0.1) is 11.7 Å². The van der Waals surface area contributed by atoms with Crippen LogP contribution in [0.1, 0.15) is 23.7 Å². The zero-order chi connectivity index (χ0) is 17.3. The van der Waals surface area contributed by atoms with Crippen molar-refractivity contribution in [2.45, 2.75) is 18.2 Å². The minimum absolute atomic E-state index is 0.0201. The zero-order valence-corrected chi connectivity index (χ0v) is 14.9. The number of carbonyl (C=O) groups excluding carboxylic acids is 1. The van der Waals surface area contributed by atoms with Crippen LogP contribution in [0.15, 0.2) is 40.6 Å². The Balaban J connectivity index is 1.64. The molecule has 0 bridgehead atoms. The first-order chi connectivity index (χ1) is 11.4. The predicted octanol–water partition coefficient (Wildman–Crippen LogP) is 3.39. The molecule has 1 aliphatic heterocycles. The molecule has 3 rings (SSSR count). The maximum absolute atomic E-state index is 12.9. The fourth-order valence-corrected chi connectivity index (χ4v) is 5.35. The van der Waals surface area contributed by atoms with Gasteiger partial charge in [0.15, 0.2) is 15.6 Å². The molecule has 1 aromatic carbocycles. The quantitative estimate of drug-likeness (QED) is 0.580. The molecular formula is C17H18FNO3S2. The first kappa shape index (κ1) is 17.1. The van der Waals surface area contributed by atoms with E-state index in [1.165, 1.54) is 23.5 Å². The molecule has 1 aromatic heterocycles. The Labute approximate surface area is 144 Å². The van der Waals surface area contributed by atoms with Crippen LogP contribution in [-0.4, -0.2) is 33.0 Å². The lowest BCUT2D eigenvalue weighted by molar-refractivity contribution is 0.0988. The molecule has 0 spiro atoms. The summed E-state index contributed by atoms with van der Waals surface area (Å²) in [5.41, 5.74) is 0.724. The third-order valence-electron chi connectivity index (χ3n) is 4.14. The molecule has 0 atom stereocenters. The molecule has 0 unspecified atom stereocenters. The molecule has 0 radical (unpaired) electrons. The SMILES string of the molecule is CCC(=O)c1ccsc1N1CC(CS(=O)(=O)c2ccc(F)cc2)C1. The van der Waals surface area contributed by atoms with Gasteiger partial charge in [0, 0.05) is 25.4 Å². The third kappa shape index (κ3) is 3.37. The second kappa shape index (κ2) is 6.64. The topological polar surface area (TPSA) is 54.5 Å². The summed E-state index contributed by atoms with van der Waals surface area (Å²) in [4.78, 5) is 14.1. The molecular weight excluding hydrogens is 349 g/mol. The number of hydrogen-bond acceptors (Lipinski definition) is 5. The van der Waals surface area contributed by atoms with Crippen LogP contribution in [0.2, 0.25) is 0 Å². The van der Waals surface area contributed by atoms with E-state index in [-0.39, 0.29) is 22.3 Å². The number of carbonyl (C=O) groups is 1. The highest BCUT2D eigenvalue weighted by Crippen LogP contribution is 2.34. The van der Waals surface area contributed by atoms with Gasteiger partial charge in [0.25, 0.3) is 0 Å². The van der Waals surface area contributed by atoms with E-state index in [2.05, 4.69) is 4.90 Å². The van der Waals surface area contributed by atoms with Crippen molar-refractivity contribution in [1.82, 2.24) is 0 Å². The highest BCUT2D eigenvalue weighted by molar-refractivity contribution is 7.91. The van der Waals surface area contributed by atoms with Crippen LogP contribution >= 0.6 is 11.3 Å². The Hall–Kier alpha value is -1.73. The lowest BCUT2D eigenvalue weighted by Crippen LogP contribution is -2.49. The van der Waals surface area contributed by atoms with Gasteiger partial charge in [-0.1, -0.05) is 6.92 Å². The van der Waals surface area contributed by atoms with E-state index in [1.807, 2.05) is 18.4 Å². The number of sulfone groups is 1. The van der Waals surface area contributed by atoms with Crippen LogP contribution in [0.25, 0.3) is 0 Å². The molecule has 2 aromatic rings. The Morgan fingerprint density at radius 1 is 1.25 bits per heavy atom. The van der Waals surface area contributed by atoms with Crippen LogP contribution in [0.3, 0.4) is 0 Å².